The normalized spacial score (nSPS) is 46.7. The summed E-state index contributed by atoms with van der Waals surface area (Å²) in [7, 11) is 0. The highest BCUT2D eigenvalue weighted by Crippen LogP contribution is 2.59. The van der Waals surface area contributed by atoms with Gasteiger partial charge in [0, 0.05) is 31.7 Å². The first-order valence-electron chi connectivity index (χ1n) is 8.60. The van der Waals surface area contributed by atoms with Crippen molar-refractivity contribution in [3.05, 3.63) is 0 Å². The Morgan fingerprint density at radius 3 is 1.89 bits per heavy atom. The minimum Gasteiger partial charge on any atom is -0.314 e. The highest BCUT2D eigenvalue weighted by molar-refractivity contribution is 5.06. The lowest BCUT2D eigenvalue weighted by molar-refractivity contribution is -0.106. The SMILES string of the molecule is CC(C)(C1C2CC3CC(C2)CC1C3)N1CCNCC1. The predicted molar refractivity (Wildman–Crippen MR) is 79.1 cm³/mol. The van der Waals surface area contributed by atoms with Crippen molar-refractivity contribution in [2.24, 2.45) is 29.6 Å². The van der Waals surface area contributed by atoms with Crippen molar-refractivity contribution in [3.8, 4) is 0 Å². The van der Waals surface area contributed by atoms with Crippen molar-refractivity contribution < 1.29 is 0 Å². The van der Waals surface area contributed by atoms with E-state index in [2.05, 4.69) is 24.1 Å². The molecule has 0 unspecified atom stereocenters. The van der Waals surface area contributed by atoms with Gasteiger partial charge in [-0.2, -0.15) is 0 Å². The third-order valence-corrected chi connectivity index (χ3v) is 6.97. The van der Waals surface area contributed by atoms with Gasteiger partial charge in [-0.05, 0) is 75.5 Å². The summed E-state index contributed by atoms with van der Waals surface area (Å²) in [6.07, 6.45) is 7.83. The molecule has 1 heterocycles. The summed E-state index contributed by atoms with van der Waals surface area (Å²) in [5, 5.41) is 3.51. The van der Waals surface area contributed by atoms with Crippen LogP contribution in [-0.4, -0.2) is 36.6 Å². The van der Waals surface area contributed by atoms with E-state index in [1.54, 1.807) is 32.1 Å². The van der Waals surface area contributed by atoms with Crippen LogP contribution in [0.15, 0.2) is 0 Å². The molecule has 4 bridgehead atoms. The second kappa shape index (κ2) is 4.46. The number of nitrogens with one attached hydrogen (secondary N) is 1. The first kappa shape index (κ1) is 12.6. The van der Waals surface area contributed by atoms with E-state index in [0.717, 1.165) is 29.6 Å². The Morgan fingerprint density at radius 2 is 1.37 bits per heavy atom. The molecule has 0 amide bonds. The third kappa shape index (κ3) is 1.98. The van der Waals surface area contributed by atoms with E-state index in [4.69, 9.17) is 0 Å². The maximum atomic E-state index is 3.51. The average Bonchev–Trinajstić information content (AvgIpc) is 2.38. The van der Waals surface area contributed by atoms with Gasteiger partial charge in [0.05, 0.1) is 0 Å². The molecule has 1 N–H and O–H groups in total. The van der Waals surface area contributed by atoms with Crippen LogP contribution in [0.1, 0.15) is 46.0 Å². The maximum absolute atomic E-state index is 3.51. The van der Waals surface area contributed by atoms with Gasteiger partial charge in [-0.15, -0.1) is 0 Å². The van der Waals surface area contributed by atoms with Crippen LogP contribution in [0.5, 0.6) is 0 Å². The van der Waals surface area contributed by atoms with E-state index >= 15 is 0 Å². The van der Waals surface area contributed by atoms with E-state index in [1.165, 1.54) is 26.2 Å². The Morgan fingerprint density at radius 1 is 0.842 bits per heavy atom. The zero-order chi connectivity index (χ0) is 13.0. The van der Waals surface area contributed by atoms with Crippen LogP contribution in [0.4, 0.5) is 0 Å². The second-order valence-electron chi connectivity index (χ2n) is 8.35. The summed E-state index contributed by atoms with van der Waals surface area (Å²) < 4.78 is 0. The molecule has 19 heavy (non-hydrogen) atoms. The fourth-order valence-electron chi connectivity index (χ4n) is 6.53. The molecule has 5 fully saturated rings. The molecule has 0 radical (unpaired) electrons. The summed E-state index contributed by atoms with van der Waals surface area (Å²) in [6, 6.07) is 0. The Hall–Kier alpha value is -0.0800. The van der Waals surface area contributed by atoms with Crippen LogP contribution in [0, 0.1) is 29.6 Å². The van der Waals surface area contributed by atoms with Crippen LogP contribution in [0.2, 0.25) is 0 Å². The number of hydrogen-bond acceptors (Lipinski definition) is 2. The van der Waals surface area contributed by atoms with Crippen molar-refractivity contribution in [3.63, 3.8) is 0 Å². The molecule has 4 saturated carbocycles. The van der Waals surface area contributed by atoms with Crippen LogP contribution in [0.3, 0.4) is 0 Å². The van der Waals surface area contributed by atoms with Gasteiger partial charge >= 0.3 is 0 Å². The fourth-order valence-corrected chi connectivity index (χ4v) is 6.53. The van der Waals surface area contributed by atoms with Crippen LogP contribution in [0.25, 0.3) is 0 Å². The molecule has 2 nitrogen and oxygen atoms in total. The second-order valence-corrected chi connectivity index (χ2v) is 8.35. The summed E-state index contributed by atoms with van der Waals surface area (Å²) >= 11 is 0. The van der Waals surface area contributed by atoms with Crippen molar-refractivity contribution in [2.75, 3.05) is 26.2 Å². The smallest absolute Gasteiger partial charge is 0.0187 e. The number of piperazine rings is 1. The maximum Gasteiger partial charge on any atom is 0.0187 e. The lowest BCUT2D eigenvalue weighted by atomic mass is 9.48. The lowest BCUT2D eigenvalue weighted by Gasteiger charge is -2.61. The third-order valence-electron chi connectivity index (χ3n) is 6.97. The zero-order valence-corrected chi connectivity index (χ0v) is 12.7. The Kier molecular flexibility index (Phi) is 2.97. The van der Waals surface area contributed by atoms with E-state index in [0.29, 0.717) is 5.54 Å². The summed E-state index contributed by atoms with van der Waals surface area (Å²) in [6.45, 7) is 10.0. The molecule has 2 heteroatoms. The lowest BCUT2D eigenvalue weighted by Crippen LogP contribution is -2.62. The van der Waals surface area contributed by atoms with Gasteiger partial charge in [0.1, 0.15) is 0 Å². The molecule has 5 aliphatic rings. The zero-order valence-electron chi connectivity index (χ0n) is 12.7. The number of rotatable bonds is 2. The van der Waals surface area contributed by atoms with Gasteiger partial charge in [-0.3, -0.25) is 4.90 Å². The molecule has 5 rings (SSSR count). The molecular formula is C17H30N2. The summed E-state index contributed by atoms with van der Waals surface area (Å²) in [5.41, 5.74) is 0.435. The van der Waals surface area contributed by atoms with E-state index < -0.39 is 0 Å². The number of nitrogens with zero attached hydrogens (tertiary/aromatic N) is 1. The standard InChI is InChI=1S/C17H30N2/c1-17(2,19-5-3-18-4-6-19)16-14-8-12-7-13(10-14)11-15(16)9-12/h12-16,18H,3-11H2,1-2H3. The topological polar surface area (TPSA) is 15.3 Å². The molecule has 108 valence electrons. The Labute approximate surface area is 118 Å². The summed E-state index contributed by atoms with van der Waals surface area (Å²) in [4.78, 5) is 2.80. The minimum absolute atomic E-state index is 0.435. The van der Waals surface area contributed by atoms with Gasteiger partial charge in [-0.25, -0.2) is 0 Å². The molecule has 1 saturated heterocycles. The fraction of sp³-hybridized carbons (Fsp3) is 1.00. The molecule has 0 aromatic carbocycles. The molecule has 0 aromatic rings. The molecule has 0 spiro atoms. The highest BCUT2D eigenvalue weighted by atomic mass is 15.2. The molecular weight excluding hydrogens is 232 g/mol. The van der Waals surface area contributed by atoms with E-state index in [-0.39, 0.29) is 0 Å². The van der Waals surface area contributed by atoms with Crippen molar-refractivity contribution >= 4 is 0 Å². The quantitative estimate of drug-likeness (QED) is 0.823. The highest BCUT2D eigenvalue weighted by Gasteiger charge is 2.54. The van der Waals surface area contributed by atoms with E-state index in [1.807, 2.05) is 0 Å². The first-order chi connectivity index (χ1) is 9.14. The van der Waals surface area contributed by atoms with Gasteiger partial charge in [0.25, 0.3) is 0 Å². The van der Waals surface area contributed by atoms with Crippen molar-refractivity contribution in [1.29, 1.82) is 0 Å². The molecule has 0 atom stereocenters. The van der Waals surface area contributed by atoms with Crippen LogP contribution < -0.4 is 5.32 Å². The van der Waals surface area contributed by atoms with Gasteiger partial charge < -0.3 is 5.32 Å². The molecule has 1 aliphatic heterocycles. The van der Waals surface area contributed by atoms with Crippen LogP contribution >= 0.6 is 0 Å². The Balaban J connectivity index is 1.57. The average molecular weight is 262 g/mol. The molecule has 4 aliphatic carbocycles. The largest absolute Gasteiger partial charge is 0.314 e. The Bertz CT molecular complexity index is 315. The molecule has 0 aromatic heterocycles. The minimum atomic E-state index is 0.435. The number of hydrogen-bond donors (Lipinski definition) is 1. The van der Waals surface area contributed by atoms with Gasteiger partial charge in [0.15, 0.2) is 0 Å². The van der Waals surface area contributed by atoms with Gasteiger partial charge in [0.2, 0.25) is 0 Å². The van der Waals surface area contributed by atoms with Gasteiger partial charge in [-0.1, -0.05) is 0 Å². The monoisotopic (exact) mass is 262 g/mol. The first-order valence-corrected chi connectivity index (χ1v) is 8.60. The van der Waals surface area contributed by atoms with Crippen LogP contribution in [-0.2, 0) is 0 Å². The van der Waals surface area contributed by atoms with E-state index in [9.17, 15) is 0 Å². The summed E-state index contributed by atoms with van der Waals surface area (Å²) in [5.74, 6) is 5.32. The van der Waals surface area contributed by atoms with Crippen molar-refractivity contribution in [2.45, 2.75) is 51.5 Å². The predicted octanol–water partition coefficient (Wildman–Crippen LogP) is 2.74. The van der Waals surface area contributed by atoms with Crippen molar-refractivity contribution in [1.82, 2.24) is 10.2 Å².